The van der Waals surface area contributed by atoms with Crippen LogP contribution in [0.3, 0.4) is 0 Å². The zero-order valence-corrected chi connectivity index (χ0v) is 12.1. The molecule has 1 saturated heterocycles. The zero-order valence-electron chi connectivity index (χ0n) is 12.1. The lowest BCUT2D eigenvalue weighted by Crippen LogP contribution is -2.42. The topological polar surface area (TPSA) is 15.3 Å². The lowest BCUT2D eigenvalue weighted by atomic mass is 9.71. The van der Waals surface area contributed by atoms with E-state index in [2.05, 4.69) is 38.0 Å². The predicted octanol–water partition coefficient (Wildman–Crippen LogP) is 2.89. The molecule has 0 spiro atoms. The Kier molecular flexibility index (Phi) is 4.14. The minimum absolute atomic E-state index is 0.512. The second-order valence-electron chi connectivity index (χ2n) is 7.33. The van der Waals surface area contributed by atoms with Gasteiger partial charge >= 0.3 is 0 Å². The lowest BCUT2D eigenvalue weighted by molar-refractivity contribution is 0.156. The van der Waals surface area contributed by atoms with E-state index in [-0.39, 0.29) is 0 Å². The van der Waals surface area contributed by atoms with E-state index in [1.165, 1.54) is 45.2 Å². The monoisotopic (exact) mass is 238 g/mol. The molecule has 0 aromatic carbocycles. The third-order valence-electron chi connectivity index (χ3n) is 4.81. The molecule has 1 saturated carbocycles. The number of hydrogen-bond donors (Lipinski definition) is 1. The van der Waals surface area contributed by atoms with Crippen LogP contribution >= 0.6 is 0 Å². The van der Waals surface area contributed by atoms with Crippen molar-refractivity contribution >= 4 is 0 Å². The Hall–Kier alpha value is -0.0800. The molecular formula is C15H30N2. The second-order valence-corrected chi connectivity index (χ2v) is 7.33. The van der Waals surface area contributed by atoms with Gasteiger partial charge in [-0.25, -0.2) is 0 Å². The minimum Gasteiger partial charge on any atom is -0.310 e. The molecule has 1 aliphatic carbocycles. The molecule has 0 aromatic heterocycles. The molecule has 100 valence electrons. The fourth-order valence-electron chi connectivity index (χ4n) is 3.53. The average molecular weight is 238 g/mol. The van der Waals surface area contributed by atoms with Crippen LogP contribution in [0.5, 0.6) is 0 Å². The van der Waals surface area contributed by atoms with E-state index in [9.17, 15) is 0 Å². The smallest absolute Gasteiger partial charge is 0.0209 e. The van der Waals surface area contributed by atoms with Crippen molar-refractivity contribution in [2.24, 2.45) is 11.3 Å². The molecule has 2 nitrogen and oxygen atoms in total. The number of nitrogens with one attached hydrogen (secondary N) is 1. The van der Waals surface area contributed by atoms with Gasteiger partial charge in [0, 0.05) is 18.6 Å². The quantitative estimate of drug-likeness (QED) is 0.796. The van der Waals surface area contributed by atoms with Gasteiger partial charge in [0.05, 0.1) is 0 Å². The summed E-state index contributed by atoms with van der Waals surface area (Å²) in [5.41, 5.74) is 0.512. The second kappa shape index (κ2) is 5.27. The Bertz CT molecular complexity index is 236. The van der Waals surface area contributed by atoms with Gasteiger partial charge in [0.1, 0.15) is 0 Å². The maximum Gasteiger partial charge on any atom is 0.0209 e. The molecule has 0 amide bonds. The van der Waals surface area contributed by atoms with Crippen molar-refractivity contribution in [1.82, 2.24) is 10.2 Å². The maximum absolute atomic E-state index is 3.88. The van der Waals surface area contributed by atoms with Gasteiger partial charge in [0.25, 0.3) is 0 Å². The first-order chi connectivity index (χ1) is 7.95. The van der Waals surface area contributed by atoms with Crippen molar-refractivity contribution in [3.63, 3.8) is 0 Å². The summed E-state index contributed by atoms with van der Waals surface area (Å²) >= 11 is 0. The van der Waals surface area contributed by atoms with Crippen LogP contribution in [0.1, 0.15) is 52.9 Å². The van der Waals surface area contributed by atoms with Crippen LogP contribution in [-0.2, 0) is 0 Å². The van der Waals surface area contributed by atoms with E-state index in [1.54, 1.807) is 0 Å². The molecule has 1 atom stereocenters. The summed E-state index contributed by atoms with van der Waals surface area (Å²) in [6.07, 6.45) is 6.97. The first-order valence-electron chi connectivity index (χ1n) is 7.40. The number of likely N-dealkylation sites (tertiary alicyclic amines) is 1. The first-order valence-corrected chi connectivity index (χ1v) is 7.40. The lowest BCUT2D eigenvalue weighted by Gasteiger charge is -2.38. The normalized spacial score (nSPS) is 36.4. The number of hydrogen-bond acceptors (Lipinski definition) is 2. The molecule has 0 radical (unpaired) electrons. The Morgan fingerprint density at radius 2 is 1.59 bits per heavy atom. The highest BCUT2D eigenvalue weighted by atomic mass is 15.2. The van der Waals surface area contributed by atoms with Crippen LogP contribution < -0.4 is 5.32 Å². The molecule has 1 unspecified atom stereocenters. The minimum atomic E-state index is 0.512. The summed E-state index contributed by atoms with van der Waals surface area (Å²) in [5.74, 6) is 0.937. The van der Waals surface area contributed by atoms with Gasteiger partial charge in [0.15, 0.2) is 0 Å². The molecule has 2 fully saturated rings. The number of likely N-dealkylation sites (N-methyl/N-ethyl adjacent to an activating group) is 1. The van der Waals surface area contributed by atoms with Gasteiger partial charge in [-0.05, 0) is 57.0 Å². The number of nitrogens with zero attached hydrogens (tertiary/aromatic N) is 1. The third kappa shape index (κ3) is 3.69. The molecule has 2 rings (SSSR count). The van der Waals surface area contributed by atoms with Crippen molar-refractivity contribution in [2.45, 2.75) is 65.0 Å². The highest BCUT2D eigenvalue weighted by Gasteiger charge is 2.31. The molecule has 17 heavy (non-hydrogen) atoms. The van der Waals surface area contributed by atoms with Crippen molar-refractivity contribution in [3.05, 3.63) is 0 Å². The van der Waals surface area contributed by atoms with E-state index in [1.807, 2.05) is 0 Å². The molecule has 1 heterocycles. The summed E-state index contributed by atoms with van der Waals surface area (Å²) in [6, 6.07) is 1.56. The standard InChI is InChI=1S/C15H30N2/c1-15(2,3)12-5-7-13(8-6-12)16-14-9-10-17(4)11-14/h12-14,16H,5-11H2,1-4H3. The highest BCUT2D eigenvalue weighted by Crippen LogP contribution is 2.37. The molecular weight excluding hydrogens is 208 g/mol. The van der Waals surface area contributed by atoms with E-state index in [0.29, 0.717) is 5.41 Å². The summed E-state index contributed by atoms with van der Waals surface area (Å²) in [7, 11) is 2.23. The van der Waals surface area contributed by atoms with E-state index in [4.69, 9.17) is 0 Å². The first kappa shape index (κ1) is 13.4. The SMILES string of the molecule is CN1CCC(NC2CCC(C(C)(C)C)CC2)C1. The molecule has 1 aliphatic heterocycles. The van der Waals surface area contributed by atoms with Crippen LogP contribution in [-0.4, -0.2) is 37.1 Å². The highest BCUT2D eigenvalue weighted by molar-refractivity contribution is 4.87. The molecule has 2 heteroatoms. The van der Waals surface area contributed by atoms with Gasteiger partial charge in [0.2, 0.25) is 0 Å². The van der Waals surface area contributed by atoms with Crippen LogP contribution in [0.2, 0.25) is 0 Å². The summed E-state index contributed by atoms with van der Waals surface area (Å²) in [6.45, 7) is 9.72. The van der Waals surface area contributed by atoms with Gasteiger partial charge in [-0.3, -0.25) is 0 Å². The summed E-state index contributed by atoms with van der Waals surface area (Å²) in [4.78, 5) is 2.44. The fourth-order valence-corrected chi connectivity index (χ4v) is 3.53. The van der Waals surface area contributed by atoms with E-state index in [0.717, 1.165) is 18.0 Å². The Balaban J connectivity index is 1.72. The van der Waals surface area contributed by atoms with Crippen LogP contribution in [0.15, 0.2) is 0 Å². The predicted molar refractivity (Wildman–Crippen MR) is 74.2 cm³/mol. The van der Waals surface area contributed by atoms with Gasteiger partial charge in [-0.1, -0.05) is 20.8 Å². The Morgan fingerprint density at radius 1 is 0.941 bits per heavy atom. The molecule has 2 aliphatic rings. The van der Waals surface area contributed by atoms with Gasteiger partial charge < -0.3 is 10.2 Å². The number of rotatable bonds is 2. The third-order valence-corrected chi connectivity index (χ3v) is 4.81. The fraction of sp³-hybridized carbons (Fsp3) is 1.00. The zero-order chi connectivity index (χ0) is 12.5. The Morgan fingerprint density at radius 3 is 2.06 bits per heavy atom. The van der Waals surface area contributed by atoms with Crippen molar-refractivity contribution in [1.29, 1.82) is 0 Å². The largest absolute Gasteiger partial charge is 0.310 e. The molecule has 0 aromatic rings. The van der Waals surface area contributed by atoms with Gasteiger partial charge in [-0.2, -0.15) is 0 Å². The van der Waals surface area contributed by atoms with Gasteiger partial charge in [-0.15, -0.1) is 0 Å². The summed E-state index contributed by atoms with van der Waals surface area (Å²) in [5, 5.41) is 3.88. The Labute approximate surface area is 107 Å². The molecule has 1 N–H and O–H groups in total. The van der Waals surface area contributed by atoms with Crippen molar-refractivity contribution in [2.75, 3.05) is 20.1 Å². The van der Waals surface area contributed by atoms with Crippen LogP contribution in [0.25, 0.3) is 0 Å². The van der Waals surface area contributed by atoms with E-state index < -0.39 is 0 Å². The van der Waals surface area contributed by atoms with Crippen LogP contribution in [0, 0.1) is 11.3 Å². The van der Waals surface area contributed by atoms with Crippen molar-refractivity contribution < 1.29 is 0 Å². The van der Waals surface area contributed by atoms with Crippen LogP contribution in [0.4, 0.5) is 0 Å². The van der Waals surface area contributed by atoms with Crippen molar-refractivity contribution in [3.8, 4) is 0 Å². The van der Waals surface area contributed by atoms with E-state index >= 15 is 0 Å². The average Bonchev–Trinajstić information content (AvgIpc) is 2.63. The molecule has 0 bridgehead atoms. The summed E-state index contributed by atoms with van der Waals surface area (Å²) < 4.78 is 0. The maximum atomic E-state index is 3.88.